The van der Waals surface area contributed by atoms with Gasteiger partial charge >= 0.3 is 0 Å². The summed E-state index contributed by atoms with van der Waals surface area (Å²) in [7, 11) is 3.49. The molecule has 0 aromatic carbocycles. The molecule has 0 aliphatic rings. The number of likely N-dealkylation sites (N-methyl/N-ethyl adjacent to an activating group) is 1. The first-order valence-electron chi connectivity index (χ1n) is 6.82. The molecule has 0 spiro atoms. The summed E-state index contributed by atoms with van der Waals surface area (Å²) < 4.78 is 1.58. The number of hydrogen-bond donors (Lipinski definition) is 1. The van der Waals surface area contributed by atoms with E-state index in [2.05, 4.69) is 11.8 Å². The second kappa shape index (κ2) is 7.69. The Morgan fingerprint density at radius 1 is 1.30 bits per heavy atom. The van der Waals surface area contributed by atoms with Gasteiger partial charge in [0.2, 0.25) is 5.91 Å². The van der Waals surface area contributed by atoms with Crippen molar-refractivity contribution < 1.29 is 4.79 Å². The molecule has 1 aromatic heterocycles. The molecule has 0 aliphatic heterocycles. The number of nitrogens with zero attached hydrogens (tertiary/aromatic N) is 3. The van der Waals surface area contributed by atoms with Crippen LogP contribution in [-0.4, -0.2) is 54.0 Å². The third-order valence-corrected chi connectivity index (χ3v) is 3.06. The molecule has 0 radical (unpaired) electrons. The van der Waals surface area contributed by atoms with E-state index in [1.165, 1.54) is 6.07 Å². The Labute approximate surface area is 119 Å². The Hall–Kier alpha value is -1.82. The standard InChI is InChI=1S/C14H24N4O2/c1-4-7-17(11-14(20)16(2)3)8-9-18-10-12(15)5-6-13(18)19/h5-6,10H,4,7-9,11,15H2,1-3H3. The van der Waals surface area contributed by atoms with Gasteiger partial charge in [-0.25, -0.2) is 0 Å². The molecule has 0 fully saturated rings. The van der Waals surface area contributed by atoms with Crippen molar-refractivity contribution in [1.29, 1.82) is 0 Å². The molecular weight excluding hydrogens is 256 g/mol. The normalized spacial score (nSPS) is 10.8. The van der Waals surface area contributed by atoms with Gasteiger partial charge in [-0.15, -0.1) is 0 Å². The lowest BCUT2D eigenvalue weighted by Gasteiger charge is -2.23. The van der Waals surface area contributed by atoms with Crippen molar-refractivity contribution in [2.24, 2.45) is 0 Å². The summed E-state index contributed by atoms with van der Waals surface area (Å²) in [4.78, 5) is 27.1. The molecule has 1 heterocycles. The van der Waals surface area contributed by atoms with Gasteiger partial charge in [-0.05, 0) is 19.0 Å². The number of amides is 1. The van der Waals surface area contributed by atoms with Crippen LogP contribution in [0.2, 0.25) is 0 Å². The number of anilines is 1. The van der Waals surface area contributed by atoms with Gasteiger partial charge in [0, 0.05) is 45.1 Å². The van der Waals surface area contributed by atoms with E-state index in [-0.39, 0.29) is 11.5 Å². The van der Waals surface area contributed by atoms with Crippen molar-refractivity contribution in [3.05, 3.63) is 28.7 Å². The number of aromatic nitrogens is 1. The van der Waals surface area contributed by atoms with Gasteiger partial charge in [0.1, 0.15) is 0 Å². The van der Waals surface area contributed by atoms with Crippen molar-refractivity contribution in [2.45, 2.75) is 19.9 Å². The SMILES string of the molecule is CCCN(CCn1cc(N)ccc1=O)CC(=O)N(C)C. The van der Waals surface area contributed by atoms with Crippen molar-refractivity contribution in [2.75, 3.05) is 39.5 Å². The Morgan fingerprint density at radius 3 is 2.60 bits per heavy atom. The number of carbonyl (C=O) groups excluding carboxylic acids is 1. The predicted molar refractivity (Wildman–Crippen MR) is 80.5 cm³/mol. The third kappa shape index (κ3) is 5.05. The third-order valence-electron chi connectivity index (χ3n) is 3.06. The average molecular weight is 280 g/mol. The van der Waals surface area contributed by atoms with E-state index in [1.54, 1.807) is 35.8 Å². The molecule has 0 aliphatic carbocycles. The van der Waals surface area contributed by atoms with Crippen LogP contribution in [0.25, 0.3) is 0 Å². The van der Waals surface area contributed by atoms with Gasteiger partial charge in [0.25, 0.3) is 5.56 Å². The Balaban J connectivity index is 2.64. The number of pyridine rings is 1. The molecule has 112 valence electrons. The zero-order valence-corrected chi connectivity index (χ0v) is 12.5. The molecule has 0 saturated carbocycles. The maximum atomic E-state index is 11.8. The molecule has 1 aromatic rings. The lowest BCUT2D eigenvalue weighted by atomic mass is 10.3. The lowest BCUT2D eigenvalue weighted by molar-refractivity contribution is -0.129. The topological polar surface area (TPSA) is 71.6 Å². The monoisotopic (exact) mass is 280 g/mol. The largest absolute Gasteiger partial charge is 0.398 e. The van der Waals surface area contributed by atoms with E-state index in [9.17, 15) is 9.59 Å². The molecule has 6 nitrogen and oxygen atoms in total. The first-order valence-corrected chi connectivity index (χ1v) is 6.82. The summed E-state index contributed by atoms with van der Waals surface area (Å²) in [6.07, 6.45) is 2.60. The zero-order chi connectivity index (χ0) is 15.1. The summed E-state index contributed by atoms with van der Waals surface area (Å²) in [5.74, 6) is 0.0679. The molecule has 0 saturated heterocycles. The van der Waals surface area contributed by atoms with Crippen LogP contribution in [0, 0.1) is 0 Å². The van der Waals surface area contributed by atoms with Crippen molar-refractivity contribution in [1.82, 2.24) is 14.4 Å². The van der Waals surface area contributed by atoms with Crippen LogP contribution in [0.4, 0.5) is 5.69 Å². The predicted octanol–water partition coefficient (Wildman–Crippen LogP) is 0.231. The van der Waals surface area contributed by atoms with Gasteiger partial charge < -0.3 is 15.2 Å². The first kappa shape index (κ1) is 16.2. The summed E-state index contributed by atoms with van der Waals surface area (Å²) in [6, 6.07) is 3.06. The summed E-state index contributed by atoms with van der Waals surface area (Å²) in [6.45, 7) is 4.45. The van der Waals surface area contributed by atoms with E-state index in [4.69, 9.17) is 5.73 Å². The van der Waals surface area contributed by atoms with E-state index >= 15 is 0 Å². The van der Waals surface area contributed by atoms with Crippen LogP contribution in [0.5, 0.6) is 0 Å². The summed E-state index contributed by atoms with van der Waals surface area (Å²) in [5.41, 5.74) is 6.17. The Morgan fingerprint density at radius 2 is 2.00 bits per heavy atom. The molecule has 0 atom stereocenters. The minimum atomic E-state index is -0.0745. The summed E-state index contributed by atoms with van der Waals surface area (Å²) in [5, 5.41) is 0. The second-order valence-corrected chi connectivity index (χ2v) is 5.06. The quantitative estimate of drug-likeness (QED) is 0.776. The fraction of sp³-hybridized carbons (Fsp3) is 0.571. The highest BCUT2D eigenvalue weighted by atomic mass is 16.2. The minimum absolute atomic E-state index is 0.0679. The maximum Gasteiger partial charge on any atom is 0.250 e. The van der Waals surface area contributed by atoms with Crippen LogP contribution in [0.1, 0.15) is 13.3 Å². The van der Waals surface area contributed by atoms with Crippen LogP contribution >= 0.6 is 0 Å². The van der Waals surface area contributed by atoms with Crippen molar-refractivity contribution >= 4 is 11.6 Å². The number of rotatable bonds is 7. The number of carbonyl (C=O) groups is 1. The zero-order valence-electron chi connectivity index (χ0n) is 12.5. The molecule has 0 bridgehead atoms. The Kier molecular flexibility index (Phi) is 6.24. The fourth-order valence-electron chi connectivity index (χ4n) is 1.89. The highest BCUT2D eigenvalue weighted by Crippen LogP contribution is 1.98. The van der Waals surface area contributed by atoms with Crippen LogP contribution < -0.4 is 11.3 Å². The van der Waals surface area contributed by atoms with Crippen LogP contribution in [-0.2, 0) is 11.3 Å². The second-order valence-electron chi connectivity index (χ2n) is 5.06. The van der Waals surface area contributed by atoms with Crippen LogP contribution in [0.15, 0.2) is 23.1 Å². The smallest absolute Gasteiger partial charge is 0.250 e. The van der Waals surface area contributed by atoms with Crippen molar-refractivity contribution in [3.8, 4) is 0 Å². The van der Waals surface area contributed by atoms with E-state index < -0.39 is 0 Å². The van der Waals surface area contributed by atoms with Gasteiger partial charge in [-0.1, -0.05) is 6.92 Å². The number of nitrogens with two attached hydrogens (primary N) is 1. The van der Waals surface area contributed by atoms with E-state index in [0.717, 1.165) is 13.0 Å². The Bertz CT molecular complexity index is 496. The fourth-order valence-corrected chi connectivity index (χ4v) is 1.89. The van der Waals surface area contributed by atoms with E-state index in [1.807, 2.05) is 0 Å². The number of nitrogen functional groups attached to an aromatic ring is 1. The molecule has 0 unspecified atom stereocenters. The van der Waals surface area contributed by atoms with Crippen LogP contribution in [0.3, 0.4) is 0 Å². The molecular formula is C14H24N4O2. The molecule has 6 heteroatoms. The molecule has 2 N–H and O–H groups in total. The highest BCUT2D eigenvalue weighted by Gasteiger charge is 2.11. The van der Waals surface area contributed by atoms with Gasteiger partial charge in [0.15, 0.2) is 0 Å². The average Bonchev–Trinajstić information content (AvgIpc) is 2.39. The van der Waals surface area contributed by atoms with Gasteiger partial charge in [-0.2, -0.15) is 0 Å². The van der Waals surface area contributed by atoms with Gasteiger partial charge in [0.05, 0.1) is 6.54 Å². The molecule has 1 rings (SSSR count). The van der Waals surface area contributed by atoms with Gasteiger partial charge in [-0.3, -0.25) is 14.5 Å². The lowest BCUT2D eigenvalue weighted by Crippen LogP contribution is -2.39. The molecule has 20 heavy (non-hydrogen) atoms. The first-order chi connectivity index (χ1) is 9.43. The van der Waals surface area contributed by atoms with Crippen molar-refractivity contribution in [3.63, 3.8) is 0 Å². The summed E-state index contributed by atoms with van der Waals surface area (Å²) >= 11 is 0. The number of hydrogen-bond acceptors (Lipinski definition) is 4. The van der Waals surface area contributed by atoms with E-state index in [0.29, 0.717) is 25.3 Å². The maximum absolute atomic E-state index is 11.8. The minimum Gasteiger partial charge on any atom is -0.398 e. The molecule has 1 amide bonds. The highest BCUT2D eigenvalue weighted by molar-refractivity contribution is 5.77.